The Labute approximate surface area is 208 Å². The fraction of sp³-hybridized carbons (Fsp3) is 0.115. The number of H-pyrrole nitrogens is 2. The second-order valence-corrected chi connectivity index (χ2v) is 9.72. The number of carbonyl (C=O) groups is 1. The van der Waals surface area contributed by atoms with Gasteiger partial charge in [0.25, 0.3) is 0 Å². The van der Waals surface area contributed by atoms with Gasteiger partial charge < -0.3 is 9.88 Å². The Bertz CT molecular complexity index is 1780. The first-order valence-corrected chi connectivity index (χ1v) is 12.0. The van der Waals surface area contributed by atoms with Crippen LogP contribution in [0.2, 0.25) is 0 Å². The molecule has 1 aromatic carbocycles. The molecule has 0 unspecified atom stereocenters. The normalized spacial score (nSPS) is 11.4. The maximum atomic E-state index is 15.1. The van der Waals surface area contributed by atoms with Crippen molar-refractivity contribution in [1.82, 2.24) is 30.1 Å². The highest BCUT2D eigenvalue weighted by atomic mass is 32.1. The van der Waals surface area contributed by atoms with Crippen LogP contribution in [0.1, 0.15) is 16.6 Å². The average Bonchev–Trinajstić information content (AvgIpc) is 3.61. The van der Waals surface area contributed by atoms with Gasteiger partial charge in [-0.3, -0.25) is 14.9 Å². The molecule has 6 rings (SSSR count). The molecule has 0 fully saturated rings. The predicted octanol–water partition coefficient (Wildman–Crippen LogP) is 5.70. The SMILES string of the molecule is CC(=O)c1ccc(-c2ccnc3nc(-c4n[nH]c5cc(F)c(-c6cncc(N(C)C)c6)cc45)[nH]c23)s1. The number of ketones is 1. The molecule has 0 aliphatic rings. The van der Waals surface area contributed by atoms with Crippen molar-refractivity contribution >= 4 is 44.9 Å². The van der Waals surface area contributed by atoms with Crippen molar-refractivity contribution in [2.24, 2.45) is 0 Å². The highest BCUT2D eigenvalue weighted by Gasteiger charge is 2.19. The number of pyridine rings is 2. The van der Waals surface area contributed by atoms with Gasteiger partial charge in [-0.2, -0.15) is 5.10 Å². The van der Waals surface area contributed by atoms with Crippen LogP contribution >= 0.6 is 11.3 Å². The molecular formula is C26H20FN7OS. The van der Waals surface area contributed by atoms with Crippen LogP contribution < -0.4 is 4.90 Å². The lowest BCUT2D eigenvalue weighted by atomic mass is 10.0. The maximum Gasteiger partial charge on any atom is 0.178 e. The minimum atomic E-state index is -0.372. The Morgan fingerprint density at radius 3 is 2.72 bits per heavy atom. The summed E-state index contributed by atoms with van der Waals surface area (Å²) in [6, 6.07) is 10.7. The van der Waals surface area contributed by atoms with Crippen LogP contribution in [0.5, 0.6) is 0 Å². The Kier molecular flexibility index (Phi) is 5.11. The molecule has 178 valence electrons. The van der Waals surface area contributed by atoms with Crippen LogP contribution in [0.3, 0.4) is 0 Å². The van der Waals surface area contributed by atoms with Gasteiger partial charge in [-0.25, -0.2) is 14.4 Å². The number of benzene rings is 1. The zero-order valence-electron chi connectivity index (χ0n) is 19.6. The van der Waals surface area contributed by atoms with Gasteiger partial charge in [0.05, 0.1) is 27.8 Å². The van der Waals surface area contributed by atoms with Crippen LogP contribution in [0, 0.1) is 5.82 Å². The monoisotopic (exact) mass is 497 g/mol. The number of hydrogen-bond acceptors (Lipinski definition) is 7. The number of halogens is 1. The summed E-state index contributed by atoms with van der Waals surface area (Å²) in [4.78, 5) is 32.0. The molecule has 0 aliphatic heterocycles. The van der Waals surface area contributed by atoms with E-state index < -0.39 is 0 Å². The molecule has 0 saturated carbocycles. The first-order chi connectivity index (χ1) is 17.4. The van der Waals surface area contributed by atoms with E-state index in [1.165, 1.54) is 17.4 Å². The van der Waals surface area contributed by atoms with Gasteiger partial charge in [0, 0.05) is 59.5 Å². The summed E-state index contributed by atoms with van der Waals surface area (Å²) in [7, 11) is 3.82. The number of hydrogen-bond donors (Lipinski definition) is 2. The number of aromatic amines is 2. The number of nitrogens with zero attached hydrogens (tertiary/aromatic N) is 5. The lowest BCUT2D eigenvalue weighted by Gasteiger charge is -2.13. The van der Waals surface area contributed by atoms with Crippen LogP contribution in [0.4, 0.5) is 10.1 Å². The molecular weight excluding hydrogens is 477 g/mol. The first kappa shape index (κ1) is 22.1. The summed E-state index contributed by atoms with van der Waals surface area (Å²) in [6.07, 6.45) is 5.07. The van der Waals surface area contributed by atoms with E-state index in [9.17, 15) is 4.79 Å². The van der Waals surface area contributed by atoms with Crippen LogP contribution in [0.25, 0.3) is 55.2 Å². The predicted molar refractivity (Wildman–Crippen MR) is 140 cm³/mol. The third kappa shape index (κ3) is 3.62. The molecule has 5 heterocycles. The molecule has 8 nitrogen and oxygen atoms in total. The molecule has 0 saturated heterocycles. The van der Waals surface area contributed by atoms with Crippen LogP contribution in [-0.2, 0) is 0 Å². The number of imidazole rings is 1. The minimum absolute atomic E-state index is 0.0270. The van der Waals surface area contributed by atoms with Gasteiger partial charge in [0.15, 0.2) is 17.3 Å². The van der Waals surface area contributed by atoms with E-state index in [-0.39, 0.29) is 11.6 Å². The van der Waals surface area contributed by atoms with Gasteiger partial charge in [-0.15, -0.1) is 11.3 Å². The molecule has 5 aromatic heterocycles. The molecule has 2 N–H and O–H groups in total. The molecule has 0 radical (unpaired) electrons. The lowest BCUT2D eigenvalue weighted by Crippen LogP contribution is -2.08. The Hall–Kier alpha value is -4.44. The zero-order valence-corrected chi connectivity index (χ0v) is 20.4. The second-order valence-electron chi connectivity index (χ2n) is 8.64. The van der Waals surface area contributed by atoms with Crippen molar-refractivity contribution in [2.75, 3.05) is 19.0 Å². The van der Waals surface area contributed by atoms with E-state index in [1.807, 2.05) is 43.3 Å². The van der Waals surface area contributed by atoms with Gasteiger partial charge >= 0.3 is 0 Å². The molecule has 0 atom stereocenters. The highest BCUT2D eigenvalue weighted by Crippen LogP contribution is 2.36. The molecule has 0 aliphatic carbocycles. The number of Topliss-reactive ketones (excluding diaryl/α,β-unsaturated/α-hetero) is 1. The van der Waals surface area contributed by atoms with Gasteiger partial charge in [-0.05, 0) is 37.3 Å². The number of rotatable bonds is 5. The number of anilines is 1. The molecule has 36 heavy (non-hydrogen) atoms. The standard InChI is InChI=1S/C26H20FN7OS/c1-13(35)21-4-5-22(36-21)16-6-7-29-25-23(16)30-26(31-25)24-18-9-17(19(27)10-20(18)32-33-24)14-8-15(34(2)3)12-28-11-14/h4-12H,1-3H3,(H,32,33)(H,29,30,31). The summed E-state index contributed by atoms with van der Waals surface area (Å²) in [6.45, 7) is 1.55. The van der Waals surface area contributed by atoms with Crippen molar-refractivity contribution in [3.05, 3.63) is 65.7 Å². The Morgan fingerprint density at radius 1 is 1.08 bits per heavy atom. The summed E-state index contributed by atoms with van der Waals surface area (Å²) < 4.78 is 15.1. The van der Waals surface area contributed by atoms with Gasteiger partial charge in [-0.1, -0.05) is 0 Å². The molecule has 6 aromatic rings. The van der Waals surface area contributed by atoms with E-state index in [0.717, 1.165) is 27.0 Å². The van der Waals surface area contributed by atoms with E-state index in [0.29, 0.717) is 38.7 Å². The summed E-state index contributed by atoms with van der Waals surface area (Å²) in [5.41, 5.74) is 5.24. The van der Waals surface area contributed by atoms with E-state index in [2.05, 4.69) is 30.1 Å². The number of thiophene rings is 1. The lowest BCUT2D eigenvalue weighted by molar-refractivity contribution is 0.102. The fourth-order valence-corrected chi connectivity index (χ4v) is 5.09. The van der Waals surface area contributed by atoms with Gasteiger partial charge in [0.2, 0.25) is 0 Å². The number of carbonyl (C=O) groups excluding carboxylic acids is 1. The van der Waals surface area contributed by atoms with Gasteiger partial charge in [0.1, 0.15) is 11.5 Å². The van der Waals surface area contributed by atoms with E-state index in [1.54, 1.807) is 31.6 Å². The highest BCUT2D eigenvalue weighted by molar-refractivity contribution is 7.17. The summed E-state index contributed by atoms with van der Waals surface area (Å²) >= 11 is 1.42. The topological polar surface area (TPSA) is 103 Å². The average molecular weight is 498 g/mol. The molecule has 10 heteroatoms. The number of fused-ring (bicyclic) bond motifs is 2. The minimum Gasteiger partial charge on any atom is -0.376 e. The van der Waals surface area contributed by atoms with Crippen molar-refractivity contribution < 1.29 is 9.18 Å². The first-order valence-electron chi connectivity index (χ1n) is 11.2. The maximum absolute atomic E-state index is 15.1. The second kappa shape index (κ2) is 8.35. The smallest absolute Gasteiger partial charge is 0.178 e. The molecule has 0 bridgehead atoms. The van der Waals surface area contributed by atoms with Crippen molar-refractivity contribution in [2.45, 2.75) is 6.92 Å². The Morgan fingerprint density at radius 2 is 1.94 bits per heavy atom. The van der Waals surface area contributed by atoms with Crippen molar-refractivity contribution in [1.29, 1.82) is 0 Å². The quantitative estimate of drug-likeness (QED) is 0.296. The molecule has 0 amide bonds. The number of aromatic nitrogens is 6. The third-order valence-corrected chi connectivity index (χ3v) is 7.26. The van der Waals surface area contributed by atoms with Crippen LogP contribution in [-0.4, -0.2) is 50.0 Å². The van der Waals surface area contributed by atoms with Crippen molar-refractivity contribution in [3.63, 3.8) is 0 Å². The largest absolute Gasteiger partial charge is 0.376 e. The van der Waals surface area contributed by atoms with E-state index >= 15 is 4.39 Å². The third-order valence-electron chi connectivity index (χ3n) is 6.04. The van der Waals surface area contributed by atoms with E-state index in [4.69, 9.17) is 0 Å². The number of nitrogens with one attached hydrogen (secondary N) is 2. The van der Waals surface area contributed by atoms with Crippen molar-refractivity contribution in [3.8, 4) is 33.1 Å². The van der Waals surface area contributed by atoms with Crippen LogP contribution in [0.15, 0.2) is 55.0 Å². The summed E-state index contributed by atoms with van der Waals surface area (Å²) in [5.74, 6) is 0.166. The molecule has 0 spiro atoms. The summed E-state index contributed by atoms with van der Waals surface area (Å²) in [5, 5.41) is 8.07. The fourth-order valence-electron chi connectivity index (χ4n) is 4.16. The Balaban J connectivity index is 1.48. The zero-order chi connectivity index (χ0) is 25.0.